The molecule has 2 rings (SSSR count). The average Bonchev–Trinajstić information content (AvgIpc) is 2.84. The molecular formula is C13H11BrN2OS2. The number of thiophene rings is 1. The number of hydrogen-bond donors (Lipinski definition) is 1. The predicted octanol–water partition coefficient (Wildman–Crippen LogP) is 3.42. The summed E-state index contributed by atoms with van der Waals surface area (Å²) in [6.07, 6.45) is 0. The second kappa shape index (κ2) is 5.81. The fourth-order valence-corrected chi connectivity index (χ4v) is 3.06. The molecule has 3 nitrogen and oxygen atoms in total. The third-order valence-electron chi connectivity index (χ3n) is 2.63. The smallest absolute Gasteiger partial charge is 0.268 e. The maximum atomic E-state index is 12.2. The van der Waals surface area contributed by atoms with Crippen molar-refractivity contribution in [3.05, 3.63) is 50.6 Å². The molecule has 0 saturated heterocycles. The summed E-state index contributed by atoms with van der Waals surface area (Å²) in [6, 6.07) is 10.9. The van der Waals surface area contributed by atoms with Gasteiger partial charge in [0, 0.05) is 18.3 Å². The monoisotopic (exact) mass is 354 g/mol. The molecule has 1 aromatic heterocycles. The fraction of sp³-hybridized carbons (Fsp3) is 0.0769. The molecule has 2 aromatic rings. The number of hydrogen-bond acceptors (Lipinski definition) is 3. The molecule has 0 spiro atoms. The van der Waals surface area contributed by atoms with Crippen molar-refractivity contribution in [2.24, 2.45) is 5.73 Å². The molecule has 0 aliphatic rings. The van der Waals surface area contributed by atoms with Crippen LogP contribution in [0, 0.1) is 0 Å². The van der Waals surface area contributed by atoms with Crippen molar-refractivity contribution in [2.75, 3.05) is 11.9 Å². The van der Waals surface area contributed by atoms with Crippen LogP contribution in [0.3, 0.4) is 0 Å². The number of rotatable bonds is 3. The molecule has 1 amide bonds. The van der Waals surface area contributed by atoms with Crippen molar-refractivity contribution in [2.45, 2.75) is 0 Å². The molecular weight excluding hydrogens is 344 g/mol. The van der Waals surface area contributed by atoms with Gasteiger partial charge in [0.1, 0.15) is 4.99 Å². The molecule has 0 unspecified atom stereocenters. The summed E-state index contributed by atoms with van der Waals surface area (Å²) in [5.74, 6) is -0.0428. The number of halogens is 1. The molecule has 1 aromatic carbocycles. The number of benzene rings is 1. The lowest BCUT2D eigenvalue weighted by molar-refractivity contribution is 0.0997. The van der Waals surface area contributed by atoms with Crippen LogP contribution >= 0.6 is 39.5 Å². The van der Waals surface area contributed by atoms with Crippen LogP contribution < -0.4 is 10.6 Å². The summed E-state index contributed by atoms with van der Waals surface area (Å²) in [7, 11) is 1.74. The van der Waals surface area contributed by atoms with Crippen LogP contribution in [-0.2, 0) is 0 Å². The van der Waals surface area contributed by atoms with Crippen molar-refractivity contribution < 1.29 is 4.79 Å². The molecule has 0 aliphatic carbocycles. The molecule has 0 radical (unpaired) electrons. The van der Waals surface area contributed by atoms with Gasteiger partial charge in [-0.2, -0.15) is 0 Å². The van der Waals surface area contributed by atoms with Crippen LogP contribution in [0.15, 0.2) is 40.2 Å². The second-order valence-electron chi connectivity index (χ2n) is 3.88. The van der Waals surface area contributed by atoms with E-state index in [1.807, 2.05) is 30.3 Å². The predicted molar refractivity (Wildman–Crippen MR) is 87.1 cm³/mol. The van der Waals surface area contributed by atoms with E-state index in [4.69, 9.17) is 18.0 Å². The Hall–Kier alpha value is -1.24. The second-order valence-corrected chi connectivity index (χ2v) is 6.78. The van der Waals surface area contributed by atoms with Gasteiger partial charge in [-0.05, 0) is 52.3 Å². The van der Waals surface area contributed by atoms with Crippen molar-refractivity contribution in [3.63, 3.8) is 0 Å². The lowest BCUT2D eigenvalue weighted by Crippen LogP contribution is -2.25. The van der Waals surface area contributed by atoms with Gasteiger partial charge >= 0.3 is 0 Å². The first-order valence-electron chi connectivity index (χ1n) is 5.42. The summed E-state index contributed by atoms with van der Waals surface area (Å²) < 4.78 is 0.938. The Labute approximate surface area is 129 Å². The minimum absolute atomic E-state index is 0.0428. The van der Waals surface area contributed by atoms with Gasteiger partial charge in [-0.1, -0.05) is 12.2 Å². The molecule has 19 heavy (non-hydrogen) atoms. The summed E-state index contributed by atoms with van der Waals surface area (Å²) in [4.78, 5) is 14.9. The fourth-order valence-electron chi connectivity index (χ4n) is 1.56. The van der Waals surface area contributed by atoms with E-state index in [0.29, 0.717) is 9.87 Å². The maximum absolute atomic E-state index is 12.2. The summed E-state index contributed by atoms with van der Waals surface area (Å²) in [6.45, 7) is 0. The number of amides is 1. The first kappa shape index (κ1) is 14.2. The van der Waals surface area contributed by atoms with Crippen molar-refractivity contribution >= 4 is 56.1 Å². The molecule has 0 bridgehead atoms. The average molecular weight is 355 g/mol. The highest BCUT2D eigenvalue weighted by Crippen LogP contribution is 2.25. The van der Waals surface area contributed by atoms with Crippen LogP contribution in [0.2, 0.25) is 0 Å². The van der Waals surface area contributed by atoms with Crippen LogP contribution in [0.25, 0.3) is 0 Å². The number of nitrogens with zero attached hydrogens (tertiary/aromatic N) is 1. The summed E-state index contributed by atoms with van der Waals surface area (Å²) in [5, 5.41) is 0. The van der Waals surface area contributed by atoms with E-state index in [9.17, 15) is 4.79 Å². The van der Waals surface area contributed by atoms with Crippen LogP contribution in [0.5, 0.6) is 0 Å². The highest BCUT2D eigenvalue weighted by Gasteiger charge is 2.15. The minimum Gasteiger partial charge on any atom is -0.389 e. The van der Waals surface area contributed by atoms with Gasteiger partial charge in [0.15, 0.2) is 0 Å². The number of thiocarbonyl (C=S) groups is 1. The highest BCUT2D eigenvalue weighted by molar-refractivity contribution is 9.11. The lowest BCUT2D eigenvalue weighted by atomic mass is 10.2. The Morgan fingerprint density at radius 3 is 2.37 bits per heavy atom. The third kappa shape index (κ3) is 3.20. The Balaban J connectivity index is 2.21. The van der Waals surface area contributed by atoms with Gasteiger partial charge in [0.2, 0.25) is 0 Å². The van der Waals surface area contributed by atoms with Crippen LogP contribution in [-0.4, -0.2) is 17.9 Å². The molecule has 0 saturated carbocycles. The zero-order valence-electron chi connectivity index (χ0n) is 10.1. The largest absolute Gasteiger partial charge is 0.389 e. The van der Waals surface area contributed by atoms with Crippen molar-refractivity contribution in [1.82, 2.24) is 0 Å². The highest BCUT2D eigenvalue weighted by atomic mass is 79.9. The lowest BCUT2D eigenvalue weighted by Gasteiger charge is -2.16. The van der Waals surface area contributed by atoms with E-state index >= 15 is 0 Å². The first-order chi connectivity index (χ1) is 8.99. The summed E-state index contributed by atoms with van der Waals surface area (Å²) >= 11 is 9.66. The molecule has 0 atom stereocenters. The third-order valence-corrected chi connectivity index (χ3v) is 4.48. The van der Waals surface area contributed by atoms with E-state index < -0.39 is 0 Å². The standard InChI is InChI=1S/C13H11BrN2OS2/c1-16(13(17)10-6-7-11(14)19-10)9-4-2-8(3-5-9)12(15)18/h2-7H,1H3,(H2,15,18). The first-order valence-corrected chi connectivity index (χ1v) is 7.44. The Bertz CT molecular complexity index is 622. The Morgan fingerprint density at radius 1 is 1.26 bits per heavy atom. The molecule has 0 aliphatic heterocycles. The van der Waals surface area contributed by atoms with Crippen molar-refractivity contribution in [1.29, 1.82) is 0 Å². The van der Waals surface area contributed by atoms with E-state index in [2.05, 4.69) is 15.9 Å². The number of nitrogens with two attached hydrogens (primary N) is 1. The number of anilines is 1. The zero-order chi connectivity index (χ0) is 14.0. The summed E-state index contributed by atoms with van der Waals surface area (Å²) in [5.41, 5.74) is 7.13. The van der Waals surface area contributed by atoms with E-state index in [-0.39, 0.29) is 5.91 Å². The van der Waals surface area contributed by atoms with Gasteiger partial charge in [0.05, 0.1) is 8.66 Å². The van der Waals surface area contributed by atoms with Gasteiger partial charge < -0.3 is 10.6 Å². The van der Waals surface area contributed by atoms with E-state index in [0.717, 1.165) is 15.0 Å². The van der Waals surface area contributed by atoms with Gasteiger partial charge in [0.25, 0.3) is 5.91 Å². The minimum atomic E-state index is -0.0428. The van der Waals surface area contributed by atoms with Crippen LogP contribution in [0.1, 0.15) is 15.2 Å². The number of carbonyl (C=O) groups excluding carboxylic acids is 1. The van der Waals surface area contributed by atoms with E-state index in [1.54, 1.807) is 18.0 Å². The van der Waals surface area contributed by atoms with Gasteiger partial charge in [-0.3, -0.25) is 4.79 Å². The molecule has 0 fully saturated rings. The van der Waals surface area contributed by atoms with Crippen molar-refractivity contribution in [3.8, 4) is 0 Å². The Morgan fingerprint density at radius 2 is 1.89 bits per heavy atom. The SMILES string of the molecule is CN(C(=O)c1ccc(Br)s1)c1ccc(C(N)=S)cc1. The Kier molecular flexibility index (Phi) is 4.34. The number of carbonyl (C=O) groups is 1. The van der Waals surface area contributed by atoms with E-state index in [1.165, 1.54) is 11.3 Å². The zero-order valence-corrected chi connectivity index (χ0v) is 13.3. The van der Waals surface area contributed by atoms with Gasteiger partial charge in [-0.25, -0.2) is 0 Å². The molecule has 98 valence electrons. The van der Waals surface area contributed by atoms with Gasteiger partial charge in [-0.15, -0.1) is 11.3 Å². The van der Waals surface area contributed by atoms with Crippen LogP contribution in [0.4, 0.5) is 5.69 Å². The molecule has 6 heteroatoms. The maximum Gasteiger partial charge on any atom is 0.268 e. The molecule has 1 heterocycles. The molecule has 2 N–H and O–H groups in total. The topological polar surface area (TPSA) is 46.3 Å². The normalized spacial score (nSPS) is 10.2. The quantitative estimate of drug-likeness (QED) is 0.859.